The fourth-order valence-electron chi connectivity index (χ4n) is 2.26. The zero-order chi connectivity index (χ0) is 13.4. The first-order chi connectivity index (χ1) is 8.69. The molecule has 0 saturated carbocycles. The summed E-state index contributed by atoms with van der Waals surface area (Å²) in [6.07, 6.45) is 3.83. The average molecular weight is 248 g/mol. The van der Waals surface area contributed by atoms with E-state index in [-0.39, 0.29) is 0 Å². The molecule has 0 radical (unpaired) electrons. The number of rotatable bonds is 8. The number of hydrogen-bond donors (Lipinski definition) is 1. The molecule has 0 aliphatic heterocycles. The van der Waals surface area contributed by atoms with E-state index < -0.39 is 0 Å². The van der Waals surface area contributed by atoms with Crippen molar-refractivity contribution in [2.24, 2.45) is 0 Å². The van der Waals surface area contributed by atoms with Crippen LogP contribution >= 0.6 is 0 Å². The van der Waals surface area contributed by atoms with Crippen LogP contribution in [-0.2, 0) is 0 Å². The van der Waals surface area contributed by atoms with E-state index in [1.54, 1.807) is 0 Å². The van der Waals surface area contributed by atoms with Crippen LogP contribution in [0.25, 0.3) is 0 Å². The lowest BCUT2D eigenvalue weighted by Gasteiger charge is -2.25. The summed E-state index contributed by atoms with van der Waals surface area (Å²) in [4.78, 5) is 2.49. The fraction of sp³-hybridized carbons (Fsp3) is 0.625. The molecule has 0 saturated heterocycles. The number of aryl methyl sites for hydroxylation is 1. The maximum absolute atomic E-state index is 3.29. The number of anilines is 1. The Kier molecular flexibility index (Phi) is 6.81. The van der Waals surface area contributed by atoms with Crippen LogP contribution in [0.15, 0.2) is 24.3 Å². The van der Waals surface area contributed by atoms with Crippen molar-refractivity contribution >= 4 is 5.69 Å². The fourth-order valence-corrected chi connectivity index (χ4v) is 2.26. The second kappa shape index (κ2) is 8.15. The minimum Gasteiger partial charge on any atom is -0.372 e. The van der Waals surface area contributed by atoms with Gasteiger partial charge in [-0.2, -0.15) is 0 Å². The summed E-state index contributed by atoms with van der Waals surface area (Å²) < 4.78 is 0. The van der Waals surface area contributed by atoms with Crippen molar-refractivity contribution in [2.45, 2.75) is 46.1 Å². The summed E-state index contributed by atoms with van der Waals surface area (Å²) in [7, 11) is 2.04. The van der Waals surface area contributed by atoms with Crippen LogP contribution in [-0.4, -0.2) is 26.2 Å². The van der Waals surface area contributed by atoms with Gasteiger partial charge in [0.05, 0.1) is 0 Å². The van der Waals surface area contributed by atoms with Gasteiger partial charge in [-0.05, 0) is 52.3 Å². The maximum atomic E-state index is 3.29. The van der Waals surface area contributed by atoms with Crippen molar-refractivity contribution in [2.75, 3.05) is 25.0 Å². The lowest BCUT2D eigenvalue weighted by molar-refractivity contribution is 0.526. The van der Waals surface area contributed by atoms with Gasteiger partial charge in [-0.25, -0.2) is 0 Å². The highest BCUT2D eigenvalue weighted by Crippen LogP contribution is 2.19. The molecule has 1 unspecified atom stereocenters. The molecule has 102 valence electrons. The second-order valence-corrected chi connectivity index (χ2v) is 5.05. The van der Waals surface area contributed by atoms with Crippen molar-refractivity contribution in [3.8, 4) is 0 Å². The van der Waals surface area contributed by atoms with Crippen LogP contribution in [0.3, 0.4) is 0 Å². The van der Waals surface area contributed by atoms with Gasteiger partial charge < -0.3 is 10.2 Å². The van der Waals surface area contributed by atoms with Crippen molar-refractivity contribution in [3.05, 3.63) is 29.8 Å². The van der Waals surface area contributed by atoms with Crippen molar-refractivity contribution in [1.29, 1.82) is 0 Å². The number of para-hydroxylation sites is 1. The molecule has 1 N–H and O–H groups in total. The molecule has 0 spiro atoms. The van der Waals surface area contributed by atoms with Gasteiger partial charge in [-0.3, -0.25) is 0 Å². The normalized spacial score (nSPS) is 12.4. The van der Waals surface area contributed by atoms with E-state index in [0.29, 0.717) is 6.04 Å². The van der Waals surface area contributed by atoms with Crippen LogP contribution in [0.1, 0.15) is 38.7 Å². The highest BCUT2D eigenvalue weighted by atomic mass is 15.1. The van der Waals surface area contributed by atoms with E-state index in [4.69, 9.17) is 0 Å². The number of nitrogens with zero attached hydrogens (tertiary/aromatic N) is 1. The number of hydrogen-bond acceptors (Lipinski definition) is 2. The summed E-state index contributed by atoms with van der Waals surface area (Å²) in [5, 5.41) is 3.29. The first kappa shape index (κ1) is 15.0. The highest BCUT2D eigenvalue weighted by molar-refractivity contribution is 5.52. The van der Waals surface area contributed by atoms with Crippen LogP contribution in [0.5, 0.6) is 0 Å². The SMILES string of the molecule is CCN(CCCCC(C)NC)c1ccccc1C. The van der Waals surface area contributed by atoms with Gasteiger partial charge in [0.15, 0.2) is 0 Å². The lowest BCUT2D eigenvalue weighted by atomic mass is 10.1. The minimum atomic E-state index is 0.638. The van der Waals surface area contributed by atoms with Gasteiger partial charge in [0, 0.05) is 24.8 Å². The molecule has 0 bridgehead atoms. The Hall–Kier alpha value is -1.02. The van der Waals surface area contributed by atoms with Gasteiger partial charge in [0.1, 0.15) is 0 Å². The second-order valence-electron chi connectivity index (χ2n) is 5.05. The Bertz CT molecular complexity index is 336. The monoisotopic (exact) mass is 248 g/mol. The third-order valence-corrected chi connectivity index (χ3v) is 3.65. The largest absolute Gasteiger partial charge is 0.372 e. The molecule has 0 fully saturated rings. The molecule has 0 aromatic heterocycles. The molecule has 0 aliphatic rings. The summed E-state index contributed by atoms with van der Waals surface area (Å²) >= 11 is 0. The van der Waals surface area contributed by atoms with Crippen LogP contribution in [0, 0.1) is 6.92 Å². The zero-order valence-corrected chi connectivity index (χ0v) is 12.4. The average Bonchev–Trinajstić information content (AvgIpc) is 2.40. The summed E-state index contributed by atoms with van der Waals surface area (Å²) in [6.45, 7) is 8.94. The molecular weight excluding hydrogens is 220 g/mol. The van der Waals surface area contributed by atoms with E-state index in [9.17, 15) is 0 Å². The molecule has 1 aromatic carbocycles. The molecule has 0 amide bonds. The standard InChI is InChI=1S/C16H28N2/c1-5-18(13-9-8-11-15(3)17-4)16-12-7-6-10-14(16)2/h6-7,10,12,15,17H,5,8-9,11,13H2,1-4H3. The summed E-state index contributed by atoms with van der Waals surface area (Å²) in [6, 6.07) is 9.31. The first-order valence-corrected chi connectivity index (χ1v) is 7.16. The third-order valence-electron chi connectivity index (χ3n) is 3.65. The zero-order valence-electron chi connectivity index (χ0n) is 12.4. The summed E-state index contributed by atoms with van der Waals surface area (Å²) in [5.41, 5.74) is 2.77. The highest BCUT2D eigenvalue weighted by Gasteiger charge is 2.06. The van der Waals surface area contributed by atoms with Gasteiger partial charge in [0.25, 0.3) is 0 Å². The van der Waals surface area contributed by atoms with Gasteiger partial charge in [-0.1, -0.05) is 24.6 Å². The molecule has 1 atom stereocenters. The van der Waals surface area contributed by atoms with Crippen molar-refractivity contribution in [3.63, 3.8) is 0 Å². The van der Waals surface area contributed by atoms with Crippen molar-refractivity contribution < 1.29 is 0 Å². The number of unbranched alkanes of at least 4 members (excludes halogenated alkanes) is 1. The number of benzene rings is 1. The molecule has 1 aromatic rings. The molecular formula is C16H28N2. The van der Waals surface area contributed by atoms with E-state index in [1.165, 1.54) is 30.5 Å². The predicted octanol–water partition coefficient (Wildman–Crippen LogP) is 3.60. The molecule has 0 heterocycles. The van der Waals surface area contributed by atoms with Crippen LogP contribution in [0.4, 0.5) is 5.69 Å². The van der Waals surface area contributed by atoms with E-state index in [1.807, 2.05) is 7.05 Å². The minimum absolute atomic E-state index is 0.638. The maximum Gasteiger partial charge on any atom is 0.0395 e. The van der Waals surface area contributed by atoms with E-state index in [0.717, 1.165) is 13.1 Å². The molecule has 1 rings (SSSR count). The molecule has 18 heavy (non-hydrogen) atoms. The van der Waals surface area contributed by atoms with E-state index in [2.05, 4.69) is 55.3 Å². The van der Waals surface area contributed by atoms with Gasteiger partial charge in [-0.15, -0.1) is 0 Å². The van der Waals surface area contributed by atoms with Gasteiger partial charge >= 0.3 is 0 Å². The molecule has 0 aliphatic carbocycles. The molecule has 2 nitrogen and oxygen atoms in total. The van der Waals surface area contributed by atoms with Crippen LogP contribution in [0.2, 0.25) is 0 Å². The first-order valence-electron chi connectivity index (χ1n) is 7.16. The van der Waals surface area contributed by atoms with Gasteiger partial charge in [0.2, 0.25) is 0 Å². The number of nitrogens with one attached hydrogen (secondary N) is 1. The Morgan fingerprint density at radius 1 is 1.22 bits per heavy atom. The lowest BCUT2D eigenvalue weighted by Crippen LogP contribution is -2.25. The Balaban J connectivity index is 2.41. The summed E-state index contributed by atoms with van der Waals surface area (Å²) in [5.74, 6) is 0. The predicted molar refractivity (Wildman–Crippen MR) is 81.4 cm³/mol. The smallest absolute Gasteiger partial charge is 0.0395 e. The van der Waals surface area contributed by atoms with E-state index >= 15 is 0 Å². The Labute approximate surface area is 112 Å². The Morgan fingerprint density at radius 2 is 1.94 bits per heavy atom. The van der Waals surface area contributed by atoms with Crippen molar-refractivity contribution in [1.82, 2.24) is 5.32 Å². The Morgan fingerprint density at radius 3 is 2.56 bits per heavy atom. The quantitative estimate of drug-likeness (QED) is 0.707. The third kappa shape index (κ3) is 4.69. The topological polar surface area (TPSA) is 15.3 Å². The molecule has 2 heteroatoms. The van der Waals surface area contributed by atoms with Crippen LogP contribution < -0.4 is 10.2 Å².